The van der Waals surface area contributed by atoms with E-state index in [9.17, 15) is 23.6 Å². The molecular weight excluding hydrogens is 561 g/mol. The first-order chi connectivity index (χ1) is 18.2. The third-order valence-corrected chi connectivity index (χ3v) is 6.68. The van der Waals surface area contributed by atoms with Crippen molar-refractivity contribution in [2.75, 3.05) is 17.2 Å². The monoisotopic (exact) mass is 583 g/mol. The number of hydrogen-bond donors (Lipinski definition) is 2. The van der Waals surface area contributed by atoms with Crippen molar-refractivity contribution in [3.8, 4) is 5.69 Å². The normalized spacial score (nSPS) is 12.9. The molecule has 0 radical (unpaired) electrons. The number of halogens is 2. The van der Waals surface area contributed by atoms with Crippen LogP contribution in [0.1, 0.15) is 25.8 Å². The van der Waals surface area contributed by atoms with Crippen molar-refractivity contribution < 1.29 is 13.9 Å². The Kier molecular flexibility index (Phi) is 6.66. The number of nitrogens with one attached hydrogen (secondary N) is 2. The van der Waals surface area contributed by atoms with Gasteiger partial charge in [-0.05, 0) is 56.2 Å². The number of nitrogens with zero attached hydrogens (tertiary/aromatic N) is 3. The highest BCUT2D eigenvalue weighted by Gasteiger charge is 2.31. The molecule has 2 aromatic heterocycles. The highest BCUT2D eigenvalue weighted by molar-refractivity contribution is 9.10. The topological polar surface area (TPSA) is 116 Å². The van der Waals surface area contributed by atoms with Crippen LogP contribution in [-0.2, 0) is 11.8 Å². The summed E-state index contributed by atoms with van der Waals surface area (Å²) in [5.41, 5.74) is -0.919. The van der Waals surface area contributed by atoms with Crippen LogP contribution < -0.4 is 27.4 Å². The SMILES string of the molecule is CCOC(=O)Nc1cccc(-n2c(=O)n(C3CC3)c(=O)c3c(Nc4ccc(Br)cc4F)cc(=O)n(C)c32)c1. The molecule has 1 saturated carbocycles. The van der Waals surface area contributed by atoms with E-state index in [1.54, 1.807) is 37.3 Å². The van der Waals surface area contributed by atoms with Gasteiger partial charge in [-0.3, -0.25) is 24.0 Å². The molecule has 1 aliphatic carbocycles. The number of amides is 1. The molecule has 4 aromatic rings. The Labute approximate surface area is 223 Å². The van der Waals surface area contributed by atoms with Gasteiger partial charge < -0.3 is 10.1 Å². The van der Waals surface area contributed by atoms with Crippen LogP contribution in [0.4, 0.5) is 26.2 Å². The number of rotatable bonds is 6. The van der Waals surface area contributed by atoms with Gasteiger partial charge in [-0.25, -0.2) is 18.5 Å². The number of carbonyl (C=O) groups is 1. The molecule has 2 N–H and O–H groups in total. The third-order valence-electron chi connectivity index (χ3n) is 6.19. The van der Waals surface area contributed by atoms with Crippen LogP contribution in [0.2, 0.25) is 0 Å². The number of ether oxygens (including phenoxy) is 1. The van der Waals surface area contributed by atoms with Gasteiger partial charge in [0.05, 0.1) is 23.7 Å². The fourth-order valence-corrected chi connectivity index (χ4v) is 4.63. The maximum absolute atomic E-state index is 14.7. The summed E-state index contributed by atoms with van der Waals surface area (Å²) in [5, 5.41) is 5.51. The highest BCUT2D eigenvalue weighted by Crippen LogP contribution is 2.34. The second-order valence-electron chi connectivity index (χ2n) is 8.82. The van der Waals surface area contributed by atoms with Gasteiger partial charge in [0, 0.05) is 29.3 Å². The number of aryl methyl sites for hydroxylation is 1. The van der Waals surface area contributed by atoms with Crippen molar-refractivity contribution >= 4 is 50.1 Å². The molecule has 12 heteroatoms. The van der Waals surface area contributed by atoms with Gasteiger partial charge in [-0.15, -0.1) is 0 Å². The van der Waals surface area contributed by atoms with Crippen molar-refractivity contribution in [3.63, 3.8) is 0 Å². The van der Waals surface area contributed by atoms with Gasteiger partial charge in [-0.1, -0.05) is 22.0 Å². The molecule has 10 nitrogen and oxygen atoms in total. The smallest absolute Gasteiger partial charge is 0.411 e. The average Bonchev–Trinajstić information content (AvgIpc) is 3.69. The van der Waals surface area contributed by atoms with Crippen LogP contribution in [0.25, 0.3) is 16.7 Å². The van der Waals surface area contributed by atoms with E-state index >= 15 is 0 Å². The number of fused-ring (bicyclic) bond motifs is 1. The molecule has 1 amide bonds. The van der Waals surface area contributed by atoms with Gasteiger partial charge >= 0.3 is 11.8 Å². The van der Waals surface area contributed by atoms with E-state index in [0.717, 1.165) is 0 Å². The average molecular weight is 584 g/mol. The maximum Gasteiger partial charge on any atom is 0.411 e. The second kappa shape index (κ2) is 9.93. The van der Waals surface area contributed by atoms with Crippen LogP contribution in [0.15, 0.2) is 67.4 Å². The predicted molar refractivity (Wildman–Crippen MR) is 145 cm³/mol. The Morgan fingerprint density at radius 1 is 1.11 bits per heavy atom. The van der Waals surface area contributed by atoms with Gasteiger partial charge in [-0.2, -0.15) is 0 Å². The van der Waals surface area contributed by atoms with Gasteiger partial charge in [0.1, 0.15) is 16.9 Å². The van der Waals surface area contributed by atoms with E-state index in [0.29, 0.717) is 28.7 Å². The van der Waals surface area contributed by atoms with Crippen LogP contribution in [0.5, 0.6) is 0 Å². The fraction of sp³-hybridized carbons (Fsp3) is 0.231. The zero-order valence-electron chi connectivity index (χ0n) is 20.5. The van der Waals surface area contributed by atoms with E-state index in [2.05, 4.69) is 26.6 Å². The lowest BCUT2D eigenvalue weighted by Gasteiger charge is -2.19. The molecule has 5 rings (SSSR count). The highest BCUT2D eigenvalue weighted by atomic mass is 79.9. The Hall–Kier alpha value is -4.19. The summed E-state index contributed by atoms with van der Waals surface area (Å²) in [7, 11) is 1.45. The summed E-state index contributed by atoms with van der Waals surface area (Å²) in [6.45, 7) is 1.86. The minimum Gasteiger partial charge on any atom is -0.450 e. The quantitative estimate of drug-likeness (QED) is 0.347. The van der Waals surface area contributed by atoms with E-state index in [1.165, 1.54) is 38.9 Å². The van der Waals surface area contributed by atoms with Crippen molar-refractivity contribution in [2.45, 2.75) is 25.8 Å². The number of carbonyl (C=O) groups excluding carboxylic acids is 1. The van der Waals surface area contributed by atoms with E-state index < -0.39 is 28.7 Å². The summed E-state index contributed by atoms with van der Waals surface area (Å²) >= 11 is 3.21. The fourth-order valence-electron chi connectivity index (χ4n) is 4.29. The summed E-state index contributed by atoms with van der Waals surface area (Å²) < 4.78 is 23.8. The number of benzene rings is 2. The van der Waals surface area contributed by atoms with Crippen LogP contribution in [0, 0.1) is 5.82 Å². The predicted octanol–water partition coefficient (Wildman–Crippen LogP) is 4.40. The number of aromatic nitrogens is 3. The van der Waals surface area contributed by atoms with Crippen molar-refractivity contribution in [1.82, 2.24) is 13.7 Å². The lowest BCUT2D eigenvalue weighted by Crippen LogP contribution is -2.41. The summed E-state index contributed by atoms with van der Waals surface area (Å²) in [4.78, 5) is 52.5. The van der Waals surface area contributed by atoms with E-state index in [-0.39, 0.29) is 35.1 Å². The molecule has 38 heavy (non-hydrogen) atoms. The number of hydrogen-bond acceptors (Lipinski definition) is 6. The lowest BCUT2D eigenvalue weighted by molar-refractivity contribution is 0.168. The van der Waals surface area contributed by atoms with E-state index in [4.69, 9.17) is 4.74 Å². The molecule has 0 spiro atoms. The van der Waals surface area contributed by atoms with Crippen molar-refractivity contribution in [2.24, 2.45) is 7.05 Å². The molecule has 1 aliphatic rings. The first-order valence-corrected chi connectivity index (χ1v) is 12.7. The molecule has 0 saturated heterocycles. The van der Waals surface area contributed by atoms with Gasteiger partial charge in [0.15, 0.2) is 0 Å². The molecule has 1 fully saturated rings. The first kappa shape index (κ1) is 25.5. The summed E-state index contributed by atoms with van der Waals surface area (Å²) in [5.74, 6) is -0.596. The molecule has 2 aromatic carbocycles. The molecule has 0 atom stereocenters. The zero-order chi connectivity index (χ0) is 27.1. The third kappa shape index (κ3) is 4.62. The Balaban J connectivity index is 1.80. The van der Waals surface area contributed by atoms with Gasteiger partial charge in [0.2, 0.25) is 0 Å². The maximum atomic E-state index is 14.7. The summed E-state index contributed by atoms with van der Waals surface area (Å²) in [6.07, 6.45) is 0.641. The minimum atomic E-state index is -0.666. The van der Waals surface area contributed by atoms with E-state index in [1.807, 2.05) is 0 Å². The Bertz CT molecular complexity index is 1770. The molecule has 2 heterocycles. The molecule has 0 aliphatic heterocycles. The summed E-state index contributed by atoms with van der Waals surface area (Å²) in [6, 6.07) is 11.7. The van der Waals surface area contributed by atoms with Crippen LogP contribution in [0.3, 0.4) is 0 Å². The standard InChI is InChI=1S/C26H23BrFN5O5/c1-3-38-25(36)29-15-5-4-6-17(12-15)32-23-22(24(35)33(26(32)37)16-8-9-16)20(13-21(34)31(23)2)30-19-10-7-14(27)11-18(19)28/h4-7,10-13,16,30H,3,8-9H2,1-2H3,(H,29,36). The number of pyridine rings is 1. The molecule has 0 unspecified atom stereocenters. The van der Waals surface area contributed by atoms with Crippen LogP contribution in [-0.4, -0.2) is 26.4 Å². The van der Waals surface area contributed by atoms with Gasteiger partial charge in [0.25, 0.3) is 11.1 Å². The molecular formula is C26H23BrFN5O5. The second-order valence-corrected chi connectivity index (χ2v) is 9.74. The Morgan fingerprint density at radius 2 is 1.87 bits per heavy atom. The zero-order valence-corrected chi connectivity index (χ0v) is 22.0. The molecule has 0 bridgehead atoms. The first-order valence-electron chi connectivity index (χ1n) is 11.9. The van der Waals surface area contributed by atoms with Crippen molar-refractivity contribution in [1.29, 1.82) is 0 Å². The molecule has 196 valence electrons. The lowest BCUT2D eigenvalue weighted by atomic mass is 10.2. The Morgan fingerprint density at radius 3 is 2.55 bits per heavy atom. The number of anilines is 3. The van der Waals surface area contributed by atoms with Crippen molar-refractivity contribution in [3.05, 3.63) is 90.0 Å². The minimum absolute atomic E-state index is 0.0257. The van der Waals surface area contributed by atoms with Crippen LogP contribution >= 0.6 is 15.9 Å². The largest absolute Gasteiger partial charge is 0.450 e.